The van der Waals surface area contributed by atoms with Gasteiger partial charge in [0.15, 0.2) is 0 Å². The first-order valence-electron chi connectivity index (χ1n) is 13.4. The summed E-state index contributed by atoms with van der Waals surface area (Å²) in [5, 5.41) is 0. The molecule has 8 fully saturated rings. The molecule has 0 aliphatic heterocycles. The van der Waals surface area contributed by atoms with Crippen molar-refractivity contribution in [1.82, 2.24) is 9.80 Å². The molecule has 2 amide bonds. The first kappa shape index (κ1) is 20.5. The van der Waals surface area contributed by atoms with Crippen LogP contribution in [-0.2, 0) is 9.59 Å². The second-order valence-electron chi connectivity index (χ2n) is 13.2. The van der Waals surface area contributed by atoms with Crippen LogP contribution in [0, 0.1) is 46.3 Å². The van der Waals surface area contributed by atoms with Crippen molar-refractivity contribution < 1.29 is 9.59 Å². The zero-order chi connectivity index (χ0) is 21.4. The number of carbonyl (C=O) groups is 2. The third-order valence-corrected chi connectivity index (χ3v) is 10.7. The lowest BCUT2D eigenvalue weighted by molar-refractivity contribution is -0.157. The van der Waals surface area contributed by atoms with Crippen molar-refractivity contribution in [2.75, 3.05) is 27.2 Å². The maximum absolute atomic E-state index is 13.5. The molecule has 0 aromatic heterocycles. The average Bonchev–Trinajstić information content (AvgIpc) is 2.70. The van der Waals surface area contributed by atoms with Crippen molar-refractivity contribution in [2.45, 2.75) is 83.5 Å². The first-order chi connectivity index (χ1) is 14.8. The third kappa shape index (κ3) is 3.37. The smallest absolute Gasteiger partial charge is 0.228 e. The molecule has 8 saturated carbocycles. The minimum absolute atomic E-state index is 0.0373. The fraction of sp³-hybridized carbons (Fsp3) is 0.926. The van der Waals surface area contributed by atoms with E-state index in [1.165, 1.54) is 38.5 Å². The van der Waals surface area contributed by atoms with Crippen molar-refractivity contribution >= 4 is 11.8 Å². The molecule has 0 aromatic carbocycles. The zero-order valence-corrected chi connectivity index (χ0v) is 19.8. The van der Waals surface area contributed by atoms with Gasteiger partial charge in [0.05, 0.1) is 10.8 Å². The van der Waals surface area contributed by atoms with Crippen LogP contribution in [0.4, 0.5) is 0 Å². The van der Waals surface area contributed by atoms with Gasteiger partial charge in [-0.1, -0.05) is 0 Å². The van der Waals surface area contributed by atoms with Crippen LogP contribution in [0.3, 0.4) is 0 Å². The second kappa shape index (κ2) is 7.22. The molecule has 0 radical (unpaired) electrons. The van der Waals surface area contributed by atoms with Gasteiger partial charge >= 0.3 is 0 Å². The highest BCUT2D eigenvalue weighted by molar-refractivity contribution is 5.84. The molecule has 4 heteroatoms. The lowest BCUT2D eigenvalue weighted by atomic mass is 9.49. The summed E-state index contributed by atoms with van der Waals surface area (Å²) >= 11 is 0. The Morgan fingerprint density at radius 3 is 1.10 bits per heavy atom. The van der Waals surface area contributed by atoms with E-state index in [4.69, 9.17) is 0 Å². The van der Waals surface area contributed by atoms with Gasteiger partial charge in [0.25, 0.3) is 0 Å². The van der Waals surface area contributed by atoms with Gasteiger partial charge in [-0.3, -0.25) is 9.59 Å². The SMILES string of the molecule is CN(CCCN(C)C(=O)C12CC3CC(CC(C3)C1)C2)C(=O)C12CC3CC(CC(C3)C1)C2. The summed E-state index contributed by atoms with van der Waals surface area (Å²) in [5.41, 5.74) is -0.0746. The van der Waals surface area contributed by atoms with Crippen molar-refractivity contribution in [2.24, 2.45) is 46.3 Å². The molecule has 8 bridgehead atoms. The van der Waals surface area contributed by atoms with Crippen LogP contribution in [0.1, 0.15) is 83.5 Å². The van der Waals surface area contributed by atoms with Gasteiger partial charge < -0.3 is 9.80 Å². The quantitative estimate of drug-likeness (QED) is 0.616. The highest BCUT2D eigenvalue weighted by Gasteiger charge is 2.56. The number of amides is 2. The van der Waals surface area contributed by atoms with E-state index in [2.05, 4.69) is 0 Å². The Bertz CT molecular complexity index is 626. The molecule has 0 spiro atoms. The Labute approximate surface area is 188 Å². The van der Waals surface area contributed by atoms with Gasteiger partial charge in [-0.2, -0.15) is 0 Å². The molecular weight excluding hydrogens is 384 g/mol. The number of nitrogens with zero attached hydrogens (tertiary/aromatic N) is 2. The maximum Gasteiger partial charge on any atom is 0.228 e. The second-order valence-corrected chi connectivity index (χ2v) is 13.2. The maximum atomic E-state index is 13.5. The summed E-state index contributed by atoms with van der Waals surface area (Å²) in [7, 11) is 4.03. The predicted molar refractivity (Wildman–Crippen MR) is 121 cm³/mol. The van der Waals surface area contributed by atoms with E-state index in [-0.39, 0.29) is 10.8 Å². The standard InChI is InChI=1S/C27H42N2O2/c1-28(24(30)26-12-18-6-19(13-26)8-20(7-18)14-26)4-3-5-29(2)25(31)27-15-21-9-22(16-27)11-23(10-21)17-27/h18-23H,3-17H2,1-2H3. The molecule has 8 aliphatic carbocycles. The van der Waals surface area contributed by atoms with E-state index in [1.54, 1.807) is 0 Å². The molecule has 31 heavy (non-hydrogen) atoms. The van der Waals surface area contributed by atoms with Crippen LogP contribution in [0.5, 0.6) is 0 Å². The van der Waals surface area contributed by atoms with Crippen molar-refractivity contribution in [3.8, 4) is 0 Å². The molecule has 0 atom stereocenters. The normalized spacial score (nSPS) is 46.4. The summed E-state index contributed by atoms with van der Waals surface area (Å²) in [6, 6.07) is 0. The highest BCUT2D eigenvalue weighted by atomic mass is 16.2. The molecule has 8 rings (SSSR count). The van der Waals surface area contributed by atoms with Crippen LogP contribution in [0.25, 0.3) is 0 Å². The van der Waals surface area contributed by atoms with Gasteiger partial charge in [-0.05, 0) is 119 Å². The van der Waals surface area contributed by atoms with Crippen LogP contribution >= 0.6 is 0 Å². The predicted octanol–water partition coefficient (Wildman–Crippen LogP) is 4.73. The van der Waals surface area contributed by atoms with E-state index in [9.17, 15) is 9.59 Å². The molecule has 8 aliphatic rings. The molecule has 0 heterocycles. The summed E-state index contributed by atoms with van der Waals surface area (Å²) in [6.45, 7) is 1.58. The van der Waals surface area contributed by atoms with Gasteiger partial charge in [-0.15, -0.1) is 0 Å². The molecule has 0 aromatic rings. The van der Waals surface area contributed by atoms with E-state index >= 15 is 0 Å². The van der Waals surface area contributed by atoms with Crippen molar-refractivity contribution in [1.29, 1.82) is 0 Å². The van der Waals surface area contributed by atoms with Gasteiger partial charge in [0.1, 0.15) is 0 Å². The third-order valence-electron chi connectivity index (χ3n) is 10.7. The molecule has 0 N–H and O–H groups in total. The number of hydrogen-bond donors (Lipinski definition) is 0. The van der Waals surface area contributed by atoms with E-state index in [1.807, 2.05) is 23.9 Å². The van der Waals surface area contributed by atoms with Gasteiger partial charge in [-0.25, -0.2) is 0 Å². The van der Waals surface area contributed by atoms with Crippen LogP contribution in [0.2, 0.25) is 0 Å². The molecule has 0 unspecified atom stereocenters. The van der Waals surface area contributed by atoms with Gasteiger partial charge in [0.2, 0.25) is 11.8 Å². The number of carbonyl (C=O) groups excluding carboxylic acids is 2. The van der Waals surface area contributed by atoms with E-state index in [0.29, 0.717) is 11.8 Å². The van der Waals surface area contributed by atoms with Crippen molar-refractivity contribution in [3.63, 3.8) is 0 Å². The topological polar surface area (TPSA) is 40.6 Å². The summed E-state index contributed by atoms with van der Waals surface area (Å²) in [6.07, 6.45) is 16.1. The lowest BCUT2D eigenvalue weighted by Gasteiger charge is -2.56. The molecule has 0 saturated heterocycles. The summed E-state index contributed by atoms with van der Waals surface area (Å²) in [5.74, 6) is 5.71. The lowest BCUT2D eigenvalue weighted by Crippen LogP contribution is -2.54. The minimum atomic E-state index is -0.0373. The zero-order valence-electron chi connectivity index (χ0n) is 19.8. The Hall–Kier alpha value is -1.06. The Kier molecular flexibility index (Phi) is 4.78. The van der Waals surface area contributed by atoms with Crippen LogP contribution < -0.4 is 0 Å². The summed E-state index contributed by atoms with van der Waals surface area (Å²) < 4.78 is 0. The van der Waals surface area contributed by atoms with Crippen molar-refractivity contribution in [3.05, 3.63) is 0 Å². The number of hydrogen-bond acceptors (Lipinski definition) is 2. The number of rotatable bonds is 6. The van der Waals surface area contributed by atoms with Gasteiger partial charge in [0, 0.05) is 27.2 Å². The highest BCUT2D eigenvalue weighted by Crippen LogP contribution is 2.61. The van der Waals surface area contributed by atoms with Crippen LogP contribution in [-0.4, -0.2) is 48.8 Å². The average molecular weight is 427 g/mol. The molecule has 4 nitrogen and oxygen atoms in total. The minimum Gasteiger partial charge on any atom is -0.345 e. The Morgan fingerprint density at radius 1 is 0.581 bits per heavy atom. The summed E-state index contributed by atoms with van der Waals surface area (Å²) in [4.78, 5) is 31.0. The fourth-order valence-electron chi connectivity index (χ4n) is 10.3. The molecular formula is C27H42N2O2. The Balaban J connectivity index is 1.03. The van der Waals surface area contributed by atoms with E-state index in [0.717, 1.165) is 93.5 Å². The largest absolute Gasteiger partial charge is 0.345 e. The van der Waals surface area contributed by atoms with Crippen LogP contribution in [0.15, 0.2) is 0 Å². The first-order valence-corrected chi connectivity index (χ1v) is 13.4. The fourth-order valence-corrected chi connectivity index (χ4v) is 10.3. The van der Waals surface area contributed by atoms with E-state index < -0.39 is 0 Å². The monoisotopic (exact) mass is 426 g/mol. The Morgan fingerprint density at radius 2 is 0.839 bits per heavy atom. The molecule has 172 valence electrons.